The molecule has 0 saturated carbocycles. The number of rotatable bonds is 5. The van der Waals surface area contributed by atoms with Crippen LogP contribution in [0.4, 0.5) is 0 Å². The number of benzene rings is 3. The van der Waals surface area contributed by atoms with Gasteiger partial charge in [0.2, 0.25) is 0 Å². The zero-order valence-electron chi connectivity index (χ0n) is 15.8. The van der Waals surface area contributed by atoms with Gasteiger partial charge in [-0.25, -0.2) is 4.79 Å². The molecule has 29 heavy (non-hydrogen) atoms. The highest BCUT2D eigenvalue weighted by Crippen LogP contribution is 2.23. The monoisotopic (exact) mass is 403 g/mol. The average Bonchev–Trinajstić information content (AvgIpc) is 3.09. The molecule has 0 saturated heterocycles. The van der Waals surface area contributed by atoms with Crippen LogP contribution in [0, 0.1) is 6.92 Å². The summed E-state index contributed by atoms with van der Waals surface area (Å²) in [5.41, 5.74) is 4.85. The molecule has 0 fully saturated rings. The number of halogens is 1. The minimum absolute atomic E-state index is 0.434. The summed E-state index contributed by atoms with van der Waals surface area (Å²) in [5.74, 6) is 0.284. The van der Waals surface area contributed by atoms with Crippen LogP contribution in [0.3, 0.4) is 0 Å². The SMILES string of the molecule is Cc1ccc(C2=NOC(=O)/C2=C/c2ccc(OCc3ccc(Cl)cc3)cc2)cc1. The van der Waals surface area contributed by atoms with Crippen molar-refractivity contribution in [3.63, 3.8) is 0 Å². The third-order valence-electron chi connectivity index (χ3n) is 4.53. The van der Waals surface area contributed by atoms with Gasteiger partial charge < -0.3 is 9.57 Å². The van der Waals surface area contributed by atoms with E-state index >= 15 is 0 Å². The number of aryl methyl sites for hydroxylation is 1. The first-order valence-corrected chi connectivity index (χ1v) is 9.52. The lowest BCUT2D eigenvalue weighted by Gasteiger charge is -2.07. The van der Waals surface area contributed by atoms with Gasteiger partial charge >= 0.3 is 5.97 Å². The van der Waals surface area contributed by atoms with Crippen molar-refractivity contribution < 1.29 is 14.4 Å². The van der Waals surface area contributed by atoms with Crippen molar-refractivity contribution in [2.75, 3.05) is 0 Å². The summed E-state index contributed by atoms with van der Waals surface area (Å²) < 4.78 is 5.80. The van der Waals surface area contributed by atoms with Gasteiger partial charge in [-0.15, -0.1) is 0 Å². The molecule has 0 radical (unpaired) electrons. The second-order valence-corrected chi connectivity index (χ2v) is 7.16. The number of ether oxygens (including phenoxy) is 1. The summed E-state index contributed by atoms with van der Waals surface area (Å²) in [4.78, 5) is 17.0. The van der Waals surface area contributed by atoms with Crippen molar-refractivity contribution in [2.45, 2.75) is 13.5 Å². The lowest BCUT2D eigenvalue weighted by Crippen LogP contribution is -2.06. The van der Waals surface area contributed by atoms with Crippen molar-refractivity contribution in [1.82, 2.24) is 0 Å². The number of carbonyl (C=O) groups excluding carboxylic acids is 1. The minimum atomic E-state index is -0.455. The zero-order chi connectivity index (χ0) is 20.2. The van der Waals surface area contributed by atoms with Gasteiger partial charge in [0.1, 0.15) is 18.1 Å². The third kappa shape index (κ3) is 4.55. The molecule has 1 heterocycles. The van der Waals surface area contributed by atoms with Gasteiger partial charge in [-0.05, 0) is 48.4 Å². The van der Waals surface area contributed by atoms with Gasteiger partial charge in [0.05, 0.1) is 5.57 Å². The van der Waals surface area contributed by atoms with E-state index in [0.29, 0.717) is 22.9 Å². The van der Waals surface area contributed by atoms with Gasteiger partial charge in [-0.3, -0.25) is 0 Å². The van der Waals surface area contributed by atoms with Crippen LogP contribution in [0.15, 0.2) is 83.5 Å². The van der Waals surface area contributed by atoms with Crippen LogP contribution in [0.25, 0.3) is 6.08 Å². The zero-order valence-corrected chi connectivity index (χ0v) is 16.5. The molecule has 0 amide bonds. The van der Waals surface area contributed by atoms with Crippen molar-refractivity contribution in [1.29, 1.82) is 0 Å². The van der Waals surface area contributed by atoms with E-state index in [9.17, 15) is 4.79 Å². The maximum Gasteiger partial charge on any atom is 0.368 e. The Balaban J connectivity index is 1.48. The quantitative estimate of drug-likeness (QED) is 0.413. The predicted octanol–water partition coefficient (Wildman–Crippen LogP) is 5.57. The summed E-state index contributed by atoms with van der Waals surface area (Å²) in [7, 11) is 0. The summed E-state index contributed by atoms with van der Waals surface area (Å²) in [6, 6.07) is 22.9. The second-order valence-electron chi connectivity index (χ2n) is 6.73. The van der Waals surface area contributed by atoms with Crippen LogP contribution in [0.5, 0.6) is 5.75 Å². The van der Waals surface area contributed by atoms with E-state index in [4.69, 9.17) is 21.2 Å². The molecular formula is C24H18ClNO3. The highest BCUT2D eigenvalue weighted by molar-refractivity contribution is 6.31. The Morgan fingerprint density at radius 1 is 0.966 bits per heavy atom. The van der Waals surface area contributed by atoms with Gasteiger partial charge in [-0.2, -0.15) is 0 Å². The van der Waals surface area contributed by atoms with Crippen LogP contribution in [-0.4, -0.2) is 11.7 Å². The largest absolute Gasteiger partial charge is 0.489 e. The maximum absolute atomic E-state index is 12.1. The molecule has 0 spiro atoms. The second kappa shape index (κ2) is 8.33. The van der Waals surface area contributed by atoms with Crippen molar-refractivity contribution in [3.05, 3.63) is 106 Å². The molecular weight excluding hydrogens is 386 g/mol. The van der Waals surface area contributed by atoms with E-state index in [1.807, 2.05) is 79.7 Å². The topological polar surface area (TPSA) is 47.9 Å². The van der Waals surface area contributed by atoms with Crippen molar-refractivity contribution in [3.8, 4) is 5.75 Å². The molecule has 0 aromatic heterocycles. The molecule has 3 aromatic rings. The van der Waals surface area contributed by atoms with Crippen LogP contribution < -0.4 is 4.74 Å². The fraction of sp³-hybridized carbons (Fsp3) is 0.0833. The van der Waals surface area contributed by atoms with Gasteiger partial charge in [0.25, 0.3) is 0 Å². The molecule has 144 valence electrons. The highest BCUT2D eigenvalue weighted by Gasteiger charge is 2.26. The summed E-state index contributed by atoms with van der Waals surface area (Å²) in [6.45, 7) is 2.46. The molecule has 4 nitrogen and oxygen atoms in total. The smallest absolute Gasteiger partial charge is 0.368 e. The van der Waals surface area contributed by atoms with Gasteiger partial charge in [-0.1, -0.05) is 70.9 Å². The Bertz CT molecular complexity index is 1080. The lowest BCUT2D eigenvalue weighted by atomic mass is 10.00. The molecule has 3 aromatic carbocycles. The molecule has 0 atom stereocenters. The van der Waals surface area contributed by atoms with E-state index in [0.717, 1.165) is 28.0 Å². The summed E-state index contributed by atoms with van der Waals surface area (Å²) in [5, 5.41) is 4.64. The number of hydrogen-bond acceptors (Lipinski definition) is 4. The Hall–Kier alpha value is -3.37. The maximum atomic E-state index is 12.1. The van der Waals surface area contributed by atoms with Gasteiger partial charge in [0, 0.05) is 10.6 Å². The van der Waals surface area contributed by atoms with Crippen molar-refractivity contribution >= 4 is 29.4 Å². The van der Waals surface area contributed by atoms with Crippen molar-refractivity contribution in [2.24, 2.45) is 5.16 Å². The van der Waals surface area contributed by atoms with E-state index in [2.05, 4.69) is 5.16 Å². The van der Waals surface area contributed by atoms with Crippen LogP contribution >= 0.6 is 11.6 Å². The Morgan fingerprint density at radius 2 is 1.66 bits per heavy atom. The fourth-order valence-corrected chi connectivity index (χ4v) is 3.03. The number of oxime groups is 1. The molecule has 1 aliphatic rings. The Morgan fingerprint density at radius 3 is 2.34 bits per heavy atom. The van der Waals surface area contributed by atoms with Crippen LogP contribution in [0.1, 0.15) is 22.3 Å². The number of hydrogen-bond donors (Lipinski definition) is 0. The van der Waals surface area contributed by atoms with Crippen LogP contribution in [-0.2, 0) is 16.2 Å². The Labute approximate surface area is 174 Å². The molecule has 1 aliphatic heterocycles. The average molecular weight is 404 g/mol. The van der Waals surface area contributed by atoms with Gasteiger partial charge in [0.15, 0.2) is 0 Å². The fourth-order valence-electron chi connectivity index (χ4n) is 2.90. The van der Waals surface area contributed by atoms with E-state index < -0.39 is 5.97 Å². The summed E-state index contributed by atoms with van der Waals surface area (Å²) >= 11 is 5.90. The van der Waals surface area contributed by atoms with Crippen LogP contribution in [0.2, 0.25) is 5.02 Å². The molecule has 0 unspecified atom stereocenters. The molecule has 0 bridgehead atoms. The number of nitrogens with zero attached hydrogens (tertiary/aromatic N) is 1. The van der Waals surface area contributed by atoms with E-state index in [-0.39, 0.29) is 0 Å². The first kappa shape index (κ1) is 19.0. The molecule has 4 rings (SSSR count). The highest BCUT2D eigenvalue weighted by atomic mass is 35.5. The molecule has 0 N–H and O–H groups in total. The predicted molar refractivity (Wildman–Crippen MR) is 114 cm³/mol. The normalized spacial score (nSPS) is 14.6. The van der Waals surface area contributed by atoms with E-state index in [1.54, 1.807) is 6.08 Å². The third-order valence-corrected chi connectivity index (χ3v) is 4.78. The minimum Gasteiger partial charge on any atom is -0.489 e. The lowest BCUT2D eigenvalue weighted by molar-refractivity contribution is -0.136. The summed E-state index contributed by atoms with van der Waals surface area (Å²) in [6.07, 6.45) is 1.77. The Kier molecular flexibility index (Phi) is 5.45. The first-order valence-electron chi connectivity index (χ1n) is 9.14. The van der Waals surface area contributed by atoms with E-state index in [1.165, 1.54) is 0 Å². The molecule has 0 aliphatic carbocycles. The first-order chi connectivity index (χ1) is 14.1. The molecule has 5 heteroatoms. The number of carbonyl (C=O) groups is 1. The standard InChI is InChI=1S/C24H18ClNO3/c1-16-2-8-19(9-3-16)23-22(24(27)29-26-23)14-17-6-12-21(13-7-17)28-15-18-4-10-20(25)11-5-18/h2-14H,15H2,1H3/b22-14+.